The minimum absolute atomic E-state index is 0. The van der Waals surface area contributed by atoms with E-state index in [0.29, 0.717) is 29.5 Å². The fourth-order valence-electron chi connectivity index (χ4n) is 0. The van der Waals surface area contributed by atoms with Gasteiger partial charge in [-0.3, -0.25) is 4.39 Å². The average molecular weight is 388 g/mol. The van der Waals surface area contributed by atoms with Crippen molar-refractivity contribution in [1.82, 2.24) is 0 Å². The van der Waals surface area contributed by atoms with E-state index < -0.39 is 0 Å². The summed E-state index contributed by atoms with van der Waals surface area (Å²) < 4.78 is 9.50. The molecule has 17 heavy (non-hydrogen) atoms. The molecule has 0 aromatic carbocycles. The van der Waals surface area contributed by atoms with Gasteiger partial charge in [-0.15, -0.1) is 27.7 Å². The SMILES string of the molecule is C.CF.[CH-]=C(C)C(=[CH-])C.[CH-]=C(C)C(=[CH-])C.[Y].[Y]. The normalized spacial score (nSPS) is 5.76. The van der Waals surface area contributed by atoms with Crippen molar-refractivity contribution in [2.45, 2.75) is 35.1 Å². The molecular weight excluding hydrogens is 365 g/mol. The molecule has 0 saturated carbocycles. The van der Waals surface area contributed by atoms with Gasteiger partial charge < -0.3 is 48.6 Å². The van der Waals surface area contributed by atoms with E-state index >= 15 is 0 Å². The summed E-state index contributed by atoms with van der Waals surface area (Å²) in [6.07, 6.45) is 0. The van der Waals surface area contributed by atoms with Crippen molar-refractivity contribution >= 4 is 0 Å². The Labute approximate surface area is 159 Å². The first-order valence-corrected chi connectivity index (χ1v) is 4.03. The standard InChI is InChI=1S/2C6H8.CH3F.CH4.2Y/c2*1-5(2)6(3)4;1-2;;;/h2*1,3H,2,4H3;1H3;1H4;;/q2*-2;;;;. The molecule has 0 aliphatic heterocycles. The zero-order valence-electron chi connectivity index (χ0n) is 10.8. The minimum Gasteiger partial charge on any atom is -0.391 e. The molecule has 0 saturated heterocycles. The van der Waals surface area contributed by atoms with Gasteiger partial charge in [0.05, 0.1) is 7.18 Å². The maximum atomic E-state index is 9.50. The van der Waals surface area contributed by atoms with Crippen LogP contribution in [0.25, 0.3) is 0 Å². The van der Waals surface area contributed by atoms with E-state index in [1.165, 1.54) is 0 Å². The minimum atomic E-state index is 0. The first kappa shape index (κ1) is 36.1. The van der Waals surface area contributed by atoms with E-state index in [1.807, 2.05) is 0 Å². The van der Waals surface area contributed by atoms with Crippen LogP contribution in [0.2, 0.25) is 0 Å². The second-order valence-corrected chi connectivity index (χ2v) is 2.73. The number of hydrogen-bond acceptors (Lipinski definition) is 0. The van der Waals surface area contributed by atoms with Crippen LogP contribution in [0.4, 0.5) is 4.39 Å². The third-order valence-electron chi connectivity index (χ3n) is 1.24. The Hall–Kier alpha value is 1.10. The predicted molar refractivity (Wildman–Crippen MR) is 67.7 cm³/mol. The maximum Gasteiger partial charge on any atom is 0.0785 e. The summed E-state index contributed by atoms with van der Waals surface area (Å²) in [4.78, 5) is 0. The first-order valence-electron chi connectivity index (χ1n) is 4.03. The van der Waals surface area contributed by atoms with Gasteiger partial charge in [-0.25, -0.2) is 0 Å². The van der Waals surface area contributed by atoms with Crippen molar-refractivity contribution in [1.29, 1.82) is 0 Å². The molecule has 0 aromatic rings. The van der Waals surface area contributed by atoms with Crippen LogP contribution in [0, 0.1) is 26.3 Å². The van der Waals surface area contributed by atoms with E-state index in [9.17, 15) is 4.39 Å². The predicted octanol–water partition coefficient (Wildman–Crippen LogP) is 4.71. The smallest absolute Gasteiger partial charge is 0.0785 e. The van der Waals surface area contributed by atoms with Crippen molar-refractivity contribution in [2.24, 2.45) is 0 Å². The van der Waals surface area contributed by atoms with Crippen LogP contribution >= 0.6 is 0 Å². The van der Waals surface area contributed by atoms with Crippen LogP contribution in [-0.2, 0) is 65.4 Å². The molecule has 0 aliphatic rings. The van der Waals surface area contributed by atoms with Gasteiger partial charge in [-0.2, -0.15) is 0 Å². The Bertz CT molecular complexity index is 170. The van der Waals surface area contributed by atoms with Gasteiger partial charge >= 0.3 is 0 Å². The van der Waals surface area contributed by atoms with E-state index in [2.05, 4.69) is 0 Å². The van der Waals surface area contributed by atoms with E-state index in [1.54, 1.807) is 27.7 Å². The van der Waals surface area contributed by atoms with Crippen LogP contribution in [0.3, 0.4) is 0 Å². The van der Waals surface area contributed by atoms with Crippen LogP contribution < -0.4 is 0 Å². The van der Waals surface area contributed by atoms with Crippen LogP contribution in [0.5, 0.6) is 0 Å². The molecule has 3 heteroatoms. The molecule has 2 radical (unpaired) electrons. The van der Waals surface area contributed by atoms with Gasteiger partial charge in [0, 0.05) is 65.4 Å². The zero-order chi connectivity index (χ0) is 12.3. The van der Waals surface area contributed by atoms with Crippen LogP contribution in [-0.4, -0.2) is 7.18 Å². The molecule has 96 valence electrons. The van der Waals surface area contributed by atoms with Gasteiger partial charge in [-0.1, -0.05) is 7.43 Å². The Morgan fingerprint density at radius 2 is 0.647 bits per heavy atom. The van der Waals surface area contributed by atoms with Gasteiger partial charge in [0.2, 0.25) is 0 Å². The molecule has 0 nitrogen and oxygen atoms in total. The fourth-order valence-corrected chi connectivity index (χ4v) is 0. The summed E-state index contributed by atoms with van der Waals surface area (Å²) in [6.45, 7) is 27.9. The van der Waals surface area contributed by atoms with Crippen molar-refractivity contribution in [3.63, 3.8) is 0 Å². The molecule has 0 atom stereocenters. The second-order valence-electron chi connectivity index (χ2n) is 2.73. The summed E-state index contributed by atoms with van der Waals surface area (Å²) in [5, 5.41) is 0. The van der Waals surface area contributed by atoms with Gasteiger partial charge in [-0.05, 0) is 0 Å². The molecule has 0 heterocycles. The van der Waals surface area contributed by atoms with Crippen LogP contribution in [0.1, 0.15) is 35.1 Å². The number of halogens is 1. The molecule has 0 aliphatic carbocycles. The van der Waals surface area contributed by atoms with E-state index in [0.717, 1.165) is 0 Å². The number of rotatable bonds is 2. The van der Waals surface area contributed by atoms with Crippen molar-refractivity contribution in [3.05, 3.63) is 48.6 Å². The topological polar surface area (TPSA) is 0 Å². The largest absolute Gasteiger partial charge is 0.391 e. The van der Waals surface area contributed by atoms with Crippen molar-refractivity contribution < 1.29 is 69.8 Å². The molecule has 0 N–H and O–H groups in total. The average Bonchev–Trinajstić information content (AvgIpc) is 2.08. The molecule has 0 aromatic heterocycles. The molecule has 0 rings (SSSR count). The Kier molecular flexibility index (Phi) is 54.9. The molecule has 0 bridgehead atoms. The number of hydrogen-bond donors (Lipinski definition) is 0. The quantitative estimate of drug-likeness (QED) is 0.475. The number of alkyl halides is 1. The third-order valence-corrected chi connectivity index (χ3v) is 1.24. The Morgan fingerprint density at radius 3 is 0.647 bits per heavy atom. The van der Waals surface area contributed by atoms with Crippen molar-refractivity contribution in [3.8, 4) is 0 Å². The zero-order valence-corrected chi connectivity index (χ0v) is 16.5. The summed E-state index contributed by atoms with van der Waals surface area (Å²) in [6, 6.07) is 0. The molecule has 0 spiro atoms. The molecule has 0 amide bonds. The summed E-state index contributed by atoms with van der Waals surface area (Å²) in [7, 11) is 0.500. The fraction of sp³-hybridized carbons (Fsp3) is 0.429. The van der Waals surface area contributed by atoms with E-state index in [4.69, 9.17) is 26.3 Å². The van der Waals surface area contributed by atoms with Crippen LogP contribution in [0.15, 0.2) is 22.3 Å². The molecular formula is C14H23FY2-4. The maximum absolute atomic E-state index is 9.50. The summed E-state index contributed by atoms with van der Waals surface area (Å²) in [5.41, 5.74) is 2.81. The monoisotopic (exact) mass is 388 g/mol. The van der Waals surface area contributed by atoms with Gasteiger partial charge in [0.1, 0.15) is 0 Å². The van der Waals surface area contributed by atoms with E-state index in [-0.39, 0.29) is 72.8 Å². The number of allylic oxidation sites excluding steroid dienone is 4. The molecule has 0 unspecified atom stereocenters. The third kappa shape index (κ3) is 47.1. The van der Waals surface area contributed by atoms with Gasteiger partial charge in [0.15, 0.2) is 0 Å². The molecule has 0 fully saturated rings. The Balaban J connectivity index is -0.0000000268. The van der Waals surface area contributed by atoms with Crippen molar-refractivity contribution in [2.75, 3.05) is 7.18 Å². The van der Waals surface area contributed by atoms with Gasteiger partial charge in [0.25, 0.3) is 0 Å². The second kappa shape index (κ2) is 25.8. The summed E-state index contributed by atoms with van der Waals surface area (Å²) in [5.74, 6) is 0. The Morgan fingerprint density at radius 1 is 0.588 bits per heavy atom. The first-order chi connectivity index (χ1) is 6.29. The summed E-state index contributed by atoms with van der Waals surface area (Å²) >= 11 is 0.